The lowest BCUT2D eigenvalue weighted by molar-refractivity contribution is -0.141. The van der Waals surface area contributed by atoms with Crippen LogP contribution >= 0.6 is 0 Å². The van der Waals surface area contributed by atoms with Crippen LogP contribution in [0.25, 0.3) is 11.0 Å². The lowest BCUT2D eigenvalue weighted by Crippen LogP contribution is -2.20. The standard InChI is InChI=1S/C15H12F3N5O2/c1-8-13-10(4-12(24)23(25)14(13)22-7-21-8)19-5-9-2-3-11(20-6-9)15(16,17)18/h2-4,6-7,19,25H,5H2,1H3. The number of hydrogen-bond acceptors (Lipinski definition) is 6. The Morgan fingerprint density at radius 3 is 2.64 bits per heavy atom. The number of fused-ring (bicyclic) bond motifs is 1. The Morgan fingerprint density at radius 2 is 2.00 bits per heavy atom. The van der Waals surface area contributed by atoms with Crippen LogP contribution in [-0.2, 0) is 12.7 Å². The highest BCUT2D eigenvalue weighted by atomic mass is 19.4. The molecule has 0 fully saturated rings. The van der Waals surface area contributed by atoms with Gasteiger partial charge in [0.05, 0.1) is 16.8 Å². The van der Waals surface area contributed by atoms with Gasteiger partial charge in [-0.25, -0.2) is 9.97 Å². The zero-order valence-corrected chi connectivity index (χ0v) is 12.9. The van der Waals surface area contributed by atoms with E-state index in [4.69, 9.17) is 0 Å². The molecule has 0 aliphatic heterocycles. The summed E-state index contributed by atoms with van der Waals surface area (Å²) in [5, 5.41) is 13.1. The van der Waals surface area contributed by atoms with Crippen LogP contribution < -0.4 is 10.9 Å². The third-order valence-electron chi connectivity index (χ3n) is 3.56. The fourth-order valence-electron chi connectivity index (χ4n) is 2.33. The molecule has 2 N–H and O–H groups in total. The van der Waals surface area contributed by atoms with E-state index in [0.717, 1.165) is 18.3 Å². The van der Waals surface area contributed by atoms with E-state index < -0.39 is 17.4 Å². The number of nitrogens with zero attached hydrogens (tertiary/aromatic N) is 4. The Hall–Kier alpha value is -3.17. The topological polar surface area (TPSA) is 92.9 Å². The highest BCUT2D eigenvalue weighted by Gasteiger charge is 2.31. The van der Waals surface area contributed by atoms with Crippen molar-refractivity contribution < 1.29 is 18.4 Å². The highest BCUT2D eigenvalue weighted by Crippen LogP contribution is 2.27. The minimum absolute atomic E-state index is 0.0352. The molecule has 0 aromatic carbocycles. The summed E-state index contributed by atoms with van der Waals surface area (Å²) in [6.45, 7) is 1.81. The Kier molecular flexibility index (Phi) is 4.03. The maximum Gasteiger partial charge on any atom is 0.433 e. The van der Waals surface area contributed by atoms with Crippen LogP contribution in [0.4, 0.5) is 18.9 Å². The molecule has 130 valence electrons. The van der Waals surface area contributed by atoms with E-state index in [1.54, 1.807) is 6.92 Å². The molecule has 7 nitrogen and oxygen atoms in total. The van der Waals surface area contributed by atoms with Gasteiger partial charge >= 0.3 is 6.18 Å². The summed E-state index contributed by atoms with van der Waals surface area (Å²) >= 11 is 0. The zero-order chi connectivity index (χ0) is 18.2. The summed E-state index contributed by atoms with van der Waals surface area (Å²) in [7, 11) is 0. The van der Waals surface area contributed by atoms with E-state index in [1.807, 2.05) is 0 Å². The molecule has 0 atom stereocenters. The summed E-state index contributed by atoms with van der Waals surface area (Å²) in [4.78, 5) is 23.1. The smallest absolute Gasteiger partial charge is 0.423 e. The van der Waals surface area contributed by atoms with Crippen molar-refractivity contribution in [3.8, 4) is 0 Å². The summed E-state index contributed by atoms with van der Waals surface area (Å²) in [5.41, 5.74) is -0.256. The largest absolute Gasteiger partial charge is 0.433 e. The van der Waals surface area contributed by atoms with Crippen LogP contribution in [-0.4, -0.2) is 24.9 Å². The van der Waals surface area contributed by atoms with Crippen LogP contribution in [0.1, 0.15) is 17.0 Å². The van der Waals surface area contributed by atoms with Gasteiger partial charge in [0.15, 0.2) is 5.65 Å². The number of aryl methyl sites for hydroxylation is 1. The average molecular weight is 351 g/mol. The molecule has 3 heterocycles. The Bertz CT molecular complexity index is 983. The number of aromatic nitrogens is 4. The maximum atomic E-state index is 12.5. The molecule has 0 spiro atoms. The fraction of sp³-hybridized carbons (Fsp3) is 0.200. The lowest BCUT2D eigenvalue weighted by atomic mass is 10.2. The lowest BCUT2D eigenvalue weighted by Gasteiger charge is -2.12. The first-order chi connectivity index (χ1) is 11.8. The Labute approximate surface area is 138 Å². The third-order valence-corrected chi connectivity index (χ3v) is 3.56. The molecule has 3 aromatic heterocycles. The molecule has 0 radical (unpaired) electrons. The quantitative estimate of drug-likeness (QED) is 0.704. The van der Waals surface area contributed by atoms with Crippen LogP contribution in [0.15, 0.2) is 35.5 Å². The fourth-order valence-corrected chi connectivity index (χ4v) is 2.33. The first-order valence-electron chi connectivity index (χ1n) is 7.10. The van der Waals surface area contributed by atoms with Crippen molar-refractivity contribution in [1.29, 1.82) is 0 Å². The van der Waals surface area contributed by atoms with Crippen molar-refractivity contribution in [3.63, 3.8) is 0 Å². The van der Waals surface area contributed by atoms with E-state index in [9.17, 15) is 23.2 Å². The van der Waals surface area contributed by atoms with Gasteiger partial charge in [-0.05, 0) is 18.6 Å². The van der Waals surface area contributed by atoms with Crippen LogP contribution in [0, 0.1) is 6.92 Å². The average Bonchev–Trinajstić information content (AvgIpc) is 2.56. The third kappa shape index (κ3) is 3.23. The van der Waals surface area contributed by atoms with Crippen LogP contribution in [0.5, 0.6) is 0 Å². The molecule has 3 aromatic rings. The van der Waals surface area contributed by atoms with Crippen molar-refractivity contribution in [2.45, 2.75) is 19.6 Å². The molecule has 0 saturated carbocycles. The van der Waals surface area contributed by atoms with Gasteiger partial charge < -0.3 is 10.5 Å². The Balaban J connectivity index is 1.91. The number of hydrogen-bond donors (Lipinski definition) is 2. The van der Waals surface area contributed by atoms with Gasteiger partial charge in [-0.15, -0.1) is 4.73 Å². The van der Waals surface area contributed by atoms with E-state index in [-0.39, 0.29) is 12.2 Å². The van der Waals surface area contributed by atoms with Gasteiger partial charge in [-0.3, -0.25) is 9.78 Å². The first-order valence-corrected chi connectivity index (χ1v) is 7.10. The predicted octanol–water partition coefficient (Wildman–Crippen LogP) is 2.36. The number of rotatable bonds is 3. The maximum absolute atomic E-state index is 12.5. The van der Waals surface area contributed by atoms with Gasteiger partial charge in [-0.1, -0.05) is 6.07 Å². The zero-order valence-electron chi connectivity index (χ0n) is 12.9. The molecule has 0 unspecified atom stereocenters. The van der Waals surface area contributed by atoms with E-state index >= 15 is 0 Å². The molecule has 0 bridgehead atoms. The number of alkyl halides is 3. The second-order valence-electron chi connectivity index (χ2n) is 5.27. The Morgan fingerprint density at radius 1 is 1.24 bits per heavy atom. The van der Waals surface area contributed by atoms with Gasteiger partial charge in [0.25, 0.3) is 5.56 Å². The number of anilines is 1. The minimum Gasteiger partial charge on any atom is -0.423 e. The second kappa shape index (κ2) is 6.04. The summed E-state index contributed by atoms with van der Waals surface area (Å²) < 4.78 is 38.0. The molecular weight excluding hydrogens is 339 g/mol. The van der Waals surface area contributed by atoms with Gasteiger partial charge in [0, 0.05) is 18.8 Å². The van der Waals surface area contributed by atoms with Crippen LogP contribution in [0.2, 0.25) is 0 Å². The van der Waals surface area contributed by atoms with Crippen LogP contribution in [0.3, 0.4) is 0 Å². The number of pyridine rings is 2. The normalized spacial score (nSPS) is 11.7. The molecule has 10 heteroatoms. The van der Waals surface area contributed by atoms with E-state index in [0.29, 0.717) is 27.1 Å². The molecule has 0 aliphatic carbocycles. The monoisotopic (exact) mass is 351 g/mol. The van der Waals surface area contributed by atoms with Crippen molar-refractivity contribution in [1.82, 2.24) is 19.7 Å². The summed E-state index contributed by atoms with van der Waals surface area (Å²) in [6, 6.07) is 3.34. The summed E-state index contributed by atoms with van der Waals surface area (Å²) in [5.74, 6) is 0. The van der Waals surface area contributed by atoms with E-state index in [1.165, 1.54) is 12.4 Å². The van der Waals surface area contributed by atoms with Gasteiger partial charge in [0.2, 0.25) is 0 Å². The van der Waals surface area contributed by atoms with Crippen molar-refractivity contribution in [2.24, 2.45) is 0 Å². The highest BCUT2D eigenvalue weighted by molar-refractivity contribution is 5.90. The molecular formula is C15H12F3N5O2. The van der Waals surface area contributed by atoms with Gasteiger partial charge in [0.1, 0.15) is 12.0 Å². The second-order valence-corrected chi connectivity index (χ2v) is 5.27. The van der Waals surface area contributed by atoms with Gasteiger partial charge in [-0.2, -0.15) is 13.2 Å². The minimum atomic E-state index is -4.50. The number of nitrogens with one attached hydrogen (secondary N) is 1. The number of halogens is 3. The molecule has 0 aliphatic rings. The summed E-state index contributed by atoms with van der Waals surface area (Å²) in [6.07, 6.45) is -2.18. The van der Waals surface area contributed by atoms with Crippen molar-refractivity contribution in [3.05, 3.63) is 58.0 Å². The molecule has 0 amide bonds. The molecule has 3 rings (SSSR count). The SMILES string of the molecule is Cc1ncnc2c1c(NCc1ccc(C(F)(F)F)nc1)cc(=O)n2O. The van der Waals surface area contributed by atoms with Crippen molar-refractivity contribution >= 4 is 16.7 Å². The van der Waals surface area contributed by atoms with Crippen molar-refractivity contribution in [2.75, 3.05) is 5.32 Å². The van der Waals surface area contributed by atoms with E-state index in [2.05, 4.69) is 20.3 Å². The predicted molar refractivity (Wildman–Crippen MR) is 82.3 cm³/mol. The molecule has 0 saturated heterocycles. The molecule has 25 heavy (non-hydrogen) atoms. The first kappa shape index (κ1) is 16.7.